The van der Waals surface area contributed by atoms with Gasteiger partial charge in [-0.1, -0.05) is 0 Å². The van der Waals surface area contributed by atoms with Crippen LogP contribution in [0.3, 0.4) is 0 Å². The zero-order valence-corrected chi connectivity index (χ0v) is 15.7. The van der Waals surface area contributed by atoms with Gasteiger partial charge in [-0.15, -0.1) is 0 Å². The number of ether oxygens (including phenoxy) is 1. The van der Waals surface area contributed by atoms with E-state index in [0.717, 1.165) is 30.6 Å². The molecule has 0 saturated carbocycles. The lowest BCUT2D eigenvalue weighted by molar-refractivity contribution is -0.885. The standard InChI is InChI=1S/C19H23FN4O3/c1-22-10-8-14(9-11-22)23(2)19(26)18-16(27-3)12-17(25)24(21-18)15-6-4-13(20)5-7-15/h4-7,12,14H,8-11H2,1-3H3/p+1. The van der Waals surface area contributed by atoms with Crippen molar-refractivity contribution in [1.29, 1.82) is 0 Å². The van der Waals surface area contributed by atoms with Crippen LogP contribution >= 0.6 is 0 Å². The minimum Gasteiger partial charge on any atom is -0.494 e. The molecule has 1 amide bonds. The van der Waals surface area contributed by atoms with Crippen LogP contribution in [0.25, 0.3) is 5.69 Å². The van der Waals surface area contributed by atoms with Gasteiger partial charge in [-0.3, -0.25) is 9.59 Å². The summed E-state index contributed by atoms with van der Waals surface area (Å²) in [6.45, 7) is 2.00. The van der Waals surface area contributed by atoms with Crippen LogP contribution in [0.5, 0.6) is 5.75 Å². The normalized spacial score (nSPS) is 19.6. The second-order valence-electron chi connectivity index (χ2n) is 6.89. The number of nitrogens with zero attached hydrogens (tertiary/aromatic N) is 3. The maximum atomic E-state index is 13.2. The maximum Gasteiger partial charge on any atom is 0.278 e. The van der Waals surface area contributed by atoms with Crippen LogP contribution in [-0.2, 0) is 0 Å². The molecule has 2 heterocycles. The molecule has 3 rings (SSSR count). The number of aromatic nitrogens is 2. The molecule has 1 aliphatic heterocycles. The van der Waals surface area contributed by atoms with E-state index in [-0.39, 0.29) is 23.4 Å². The van der Waals surface area contributed by atoms with Gasteiger partial charge in [0.25, 0.3) is 11.5 Å². The number of likely N-dealkylation sites (tertiary alicyclic amines) is 1. The molecule has 1 N–H and O–H groups in total. The molecule has 0 atom stereocenters. The number of amides is 1. The van der Waals surface area contributed by atoms with Gasteiger partial charge in [0.15, 0.2) is 11.4 Å². The summed E-state index contributed by atoms with van der Waals surface area (Å²) in [7, 11) is 5.29. The number of carbonyl (C=O) groups excluding carboxylic acids is 1. The number of methoxy groups -OCH3 is 1. The summed E-state index contributed by atoms with van der Waals surface area (Å²) in [4.78, 5) is 28.6. The van der Waals surface area contributed by atoms with Gasteiger partial charge in [-0.25, -0.2) is 4.39 Å². The van der Waals surface area contributed by atoms with Crippen LogP contribution in [0, 0.1) is 5.82 Å². The van der Waals surface area contributed by atoms with Crippen molar-refractivity contribution >= 4 is 5.91 Å². The highest BCUT2D eigenvalue weighted by atomic mass is 19.1. The van der Waals surface area contributed by atoms with Crippen molar-refractivity contribution in [2.24, 2.45) is 0 Å². The molecular formula is C19H24FN4O3+. The van der Waals surface area contributed by atoms with Crippen molar-refractivity contribution in [2.45, 2.75) is 18.9 Å². The third-order valence-electron chi connectivity index (χ3n) is 5.07. The predicted molar refractivity (Wildman–Crippen MR) is 98.1 cm³/mol. The van der Waals surface area contributed by atoms with Gasteiger partial charge in [0.2, 0.25) is 0 Å². The molecule has 1 aromatic heterocycles. The number of nitrogens with one attached hydrogen (secondary N) is 1. The first-order chi connectivity index (χ1) is 12.9. The first kappa shape index (κ1) is 19.0. The summed E-state index contributed by atoms with van der Waals surface area (Å²) in [5.74, 6) is -0.582. The van der Waals surface area contributed by atoms with E-state index in [1.54, 1.807) is 11.9 Å². The molecule has 27 heavy (non-hydrogen) atoms. The number of piperidine rings is 1. The molecule has 8 heteroatoms. The van der Waals surface area contributed by atoms with E-state index in [9.17, 15) is 14.0 Å². The summed E-state index contributed by atoms with van der Waals surface area (Å²) in [5.41, 5.74) is -0.0144. The monoisotopic (exact) mass is 375 g/mol. The minimum atomic E-state index is -0.458. The average Bonchev–Trinajstić information content (AvgIpc) is 2.68. The predicted octanol–water partition coefficient (Wildman–Crippen LogP) is 0.129. The second kappa shape index (κ2) is 7.87. The topological polar surface area (TPSA) is 68.9 Å². The van der Waals surface area contributed by atoms with Crippen LogP contribution in [-0.4, -0.2) is 60.9 Å². The minimum absolute atomic E-state index is 0.0650. The van der Waals surface area contributed by atoms with Crippen LogP contribution in [0.2, 0.25) is 0 Å². The van der Waals surface area contributed by atoms with Crippen LogP contribution in [0.4, 0.5) is 4.39 Å². The zero-order valence-electron chi connectivity index (χ0n) is 15.7. The number of hydrogen-bond acceptors (Lipinski definition) is 4. The first-order valence-electron chi connectivity index (χ1n) is 8.93. The number of carbonyl (C=O) groups is 1. The lowest BCUT2D eigenvalue weighted by Gasteiger charge is -2.33. The molecule has 1 aromatic carbocycles. The lowest BCUT2D eigenvalue weighted by Crippen LogP contribution is -3.10. The fourth-order valence-electron chi connectivity index (χ4n) is 3.33. The molecule has 2 aromatic rings. The number of rotatable bonds is 4. The van der Waals surface area contributed by atoms with Gasteiger partial charge in [0, 0.05) is 25.9 Å². The summed E-state index contributed by atoms with van der Waals surface area (Å²) in [5, 5.41) is 4.23. The van der Waals surface area contributed by atoms with Crippen molar-refractivity contribution in [1.82, 2.24) is 14.7 Å². The maximum absolute atomic E-state index is 13.2. The van der Waals surface area contributed by atoms with E-state index in [4.69, 9.17) is 4.74 Å². The van der Waals surface area contributed by atoms with Gasteiger partial charge >= 0.3 is 0 Å². The average molecular weight is 375 g/mol. The molecule has 0 bridgehead atoms. The highest BCUT2D eigenvalue weighted by molar-refractivity contribution is 5.94. The number of hydrogen-bond donors (Lipinski definition) is 1. The van der Waals surface area contributed by atoms with Gasteiger partial charge < -0.3 is 14.5 Å². The van der Waals surface area contributed by atoms with E-state index in [1.807, 2.05) is 0 Å². The highest BCUT2D eigenvalue weighted by Crippen LogP contribution is 2.19. The quantitative estimate of drug-likeness (QED) is 0.825. The van der Waals surface area contributed by atoms with E-state index < -0.39 is 11.4 Å². The molecule has 1 saturated heterocycles. The Balaban J connectivity index is 1.95. The summed E-state index contributed by atoms with van der Waals surface area (Å²) in [6.07, 6.45) is 1.82. The van der Waals surface area contributed by atoms with Gasteiger partial charge in [-0.2, -0.15) is 9.78 Å². The van der Waals surface area contributed by atoms with Gasteiger partial charge in [-0.05, 0) is 24.3 Å². The summed E-state index contributed by atoms with van der Waals surface area (Å²) >= 11 is 0. The molecule has 0 radical (unpaired) electrons. The number of halogens is 1. The Bertz CT molecular complexity index is 874. The van der Waals surface area contributed by atoms with Gasteiger partial charge in [0.05, 0.1) is 39.0 Å². The molecule has 144 valence electrons. The molecule has 0 unspecified atom stereocenters. The number of benzene rings is 1. The summed E-state index contributed by atoms with van der Waals surface area (Å²) in [6, 6.07) is 6.71. The van der Waals surface area contributed by atoms with Crippen molar-refractivity contribution < 1.29 is 18.8 Å². The second-order valence-corrected chi connectivity index (χ2v) is 6.89. The third-order valence-corrected chi connectivity index (χ3v) is 5.07. The van der Waals surface area contributed by atoms with E-state index in [0.29, 0.717) is 5.69 Å². The smallest absolute Gasteiger partial charge is 0.278 e. The molecule has 0 aliphatic carbocycles. The molecular weight excluding hydrogens is 351 g/mol. The zero-order chi connectivity index (χ0) is 19.6. The molecule has 7 nitrogen and oxygen atoms in total. The van der Waals surface area contributed by atoms with E-state index >= 15 is 0 Å². The SMILES string of the molecule is COc1cc(=O)n(-c2ccc(F)cc2)nc1C(=O)N(C)C1CC[NH+](C)CC1. The highest BCUT2D eigenvalue weighted by Gasteiger charge is 2.29. The van der Waals surface area contributed by atoms with Crippen LogP contribution < -0.4 is 15.2 Å². The largest absolute Gasteiger partial charge is 0.494 e. The Hall–Kier alpha value is -2.74. The third kappa shape index (κ3) is 4.00. The van der Waals surface area contributed by atoms with E-state index in [2.05, 4.69) is 12.1 Å². The Morgan fingerprint density at radius 1 is 1.30 bits per heavy atom. The number of quaternary nitrogens is 1. The van der Waals surface area contributed by atoms with E-state index in [1.165, 1.54) is 42.3 Å². The van der Waals surface area contributed by atoms with Gasteiger partial charge in [0.1, 0.15) is 5.82 Å². The molecule has 1 aliphatic rings. The molecule has 1 fully saturated rings. The van der Waals surface area contributed by atoms with Crippen molar-refractivity contribution in [3.63, 3.8) is 0 Å². The fraction of sp³-hybridized carbons (Fsp3) is 0.421. The Kier molecular flexibility index (Phi) is 5.55. The first-order valence-corrected chi connectivity index (χ1v) is 8.93. The van der Waals surface area contributed by atoms with Crippen molar-refractivity contribution in [3.05, 3.63) is 52.2 Å². The lowest BCUT2D eigenvalue weighted by atomic mass is 10.0. The Morgan fingerprint density at radius 3 is 2.52 bits per heavy atom. The molecule has 0 spiro atoms. The van der Waals surface area contributed by atoms with Crippen molar-refractivity contribution in [2.75, 3.05) is 34.3 Å². The Morgan fingerprint density at radius 2 is 1.93 bits per heavy atom. The Labute approximate surface area is 157 Å². The van der Waals surface area contributed by atoms with Crippen LogP contribution in [0.1, 0.15) is 23.3 Å². The van der Waals surface area contributed by atoms with Crippen LogP contribution in [0.15, 0.2) is 35.1 Å². The summed E-state index contributed by atoms with van der Waals surface area (Å²) < 4.78 is 19.5. The fourth-order valence-corrected chi connectivity index (χ4v) is 3.33. The van der Waals surface area contributed by atoms with Crippen molar-refractivity contribution in [3.8, 4) is 11.4 Å².